The van der Waals surface area contributed by atoms with Crippen LogP contribution in [0.1, 0.15) is 55.3 Å². The van der Waals surface area contributed by atoms with Gasteiger partial charge in [-0.3, -0.25) is 14.5 Å². The first-order valence-corrected chi connectivity index (χ1v) is 13.4. The largest absolute Gasteiger partial charge is 0.493 e. The second-order valence-electron chi connectivity index (χ2n) is 9.98. The van der Waals surface area contributed by atoms with Crippen LogP contribution >= 0.6 is 0 Å². The van der Waals surface area contributed by atoms with E-state index < -0.39 is 11.9 Å². The third kappa shape index (κ3) is 6.64. The Kier molecular flexibility index (Phi) is 9.46. The Labute approximate surface area is 218 Å². The van der Waals surface area contributed by atoms with Crippen LogP contribution in [0.5, 0.6) is 5.75 Å². The minimum atomic E-state index is -0.840. The number of fused-ring (bicyclic) bond motifs is 1. The number of hydrogen-bond donors (Lipinski definition) is 2. The van der Waals surface area contributed by atoms with Crippen molar-refractivity contribution in [2.75, 3.05) is 39.4 Å². The predicted molar refractivity (Wildman–Crippen MR) is 138 cm³/mol. The molecule has 1 aromatic heterocycles. The zero-order chi connectivity index (χ0) is 26.2. The second kappa shape index (κ2) is 13.0. The summed E-state index contributed by atoms with van der Waals surface area (Å²) in [5.74, 6) is -0.852. The van der Waals surface area contributed by atoms with Gasteiger partial charge in [-0.25, -0.2) is 9.97 Å². The highest BCUT2D eigenvalue weighted by Gasteiger charge is 2.47. The predicted octanol–water partition coefficient (Wildman–Crippen LogP) is 2.52. The van der Waals surface area contributed by atoms with Crippen molar-refractivity contribution in [2.45, 2.75) is 57.4 Å². The molecule has 9 nitrogen and oxygen atoms in total. The monoisotopic (exact) mass is 510 g/mol. The van der Waals surface area contributed by atoms with E-state index in [0.717, 1.165) is 41.8 Å². The molecule has 0 bridgehead atoms. The molecular formula is C28H38N4O5. The van der Waals surface area contributed by atoms with E-state index in [0.29, 0.717) is 45.5 Å². The van der Waals surface area contributed by atoms with Gasteiger partial charge in [0.25, 0.3) is 0 Å². The molecule has 1 fully saturated rings. The third-order valence-electron chi connectivity index (χ3n) is 7.57. The van der Waals surface area contributed by atoms with Crippen molar-refractivity contribution in [3.63, 3.8) is 0 Å². The molecule has 2 aromatic rings. The molecular weight excluding hydrogens is 472 g/mol. The molecule has 0 saturated carbocycles. The fraction of sp³-hybridized carbons (Fsp3) is 0.571. The zero-order valence-electron chi connectivity index (χ0n) is 21.6. The van der Waals surface area contributed by atoms with E-state index in [1.807, 2.05) is 23.1 Å². The van der Waals surface area contributed by atoms with E-state index in [4.69, 9.17) is 4.74 Å². The smallest absolute Gasteiger partial charge is 0.308 e. The van der Waals surface area contributed by atoms with Crippen molar-refractivity contribution in [1.29, 1.82) is 0 Å². The SMILES string of the molecule is CCCCN(CCCO)C(=O)CN1CC(c2ccc3c(c2)CCO3)C(C(=O)O)C1CCc1ccncn1. The van der Waals surface area contributed by atoms with Crippen LogP contribution in [-0.2, 0) is 22.4 Å². The van der Waals surface area contributed by atoms with Gasteiger partial charge in [0.15, 0.2) is 0 Å². The summed E-state index contributed by atoms with van der Waals surface area (Å²) in [4.78, 5) is 38.3. The Morgan fingerprint density at radius 2 is 2.05 bits per heavy atom. The van der Waals surface area contributed by atoms with Crippen LogP contribution < -0.4 is 4.74 Å². The topological polar surface area (TPSA) is 116 Å². The molecule has 2 aliphatic heterocycles. The quantitative estimate of drug-likeness (QED) is 0.422. The number of amides is 1. The van der Waals surface area contributed by atoms with Crippen LogP contribution in [0.25, 0.3) is 0 Å². The molecule has 0 radical (unpaired) electrons. The van der Waals surface area contributed by atoms with Crippen LogP contribution in [0.15, 0.2) is 36.8 Å². The minimum Gasteiger partial charge on any atom is -0.493 e. The maximum absolute atomic E-state index is 13.4. The van der Waals surface area contributed by atoms with Crippen molar-refractivity contribution in [2.24, 2.45) is 5.92 Å². The molecule has 2 N–H and O–H groups in total. The first kappa shape index (κ1) is 27.0. The summed E-state index contributed by atoms with van der Waals surface area (Å²) in [5, 5.41) is 19.7. The number of nitrogens with zero attached hydrogens (tertiary/aromatic N) is 4. The van der Waals surface area contributed by atoms with Gasteiger partial charge in [0.05, 0.1) is 19.1 Å². The Hall–Kier alpha value is -3.04. The number of carboxylic acid groups (broad SMARTS) is 1. The zero-order valence-corrected chi connectivity index (χ0v) is 21.6. The number of carbonyl (C=O) groups excluding carboxylic acids is 1. The molecule has 2 aliphatic rings. The number of carbonyl (C=O) groups is 2. The van der Waals surface area contributed by atoms with E-state index in [1.165, 1.54) is 6.33 Å². The van der Waals surface area contributed by atoms with Gasteiger partial charge in [0.1, 0.15) is 12.1 Å². The van der Waals surface area contributed by atoms with Crippen molar-refractivity contribution in [3.8, 4) is 5.75 Å². The summed E-state index contributed by atoms with van der Waals surface area (Å²) in [7, 11) is 0. The lowest BCUT2D eigenvalue weighted by Crippen LogP contribution is -2.45. The molecule has 0 aliphatic carbocycles. The molecule has 37 heavy (non-hydrogen) atoms. The van der Waals surface area contributed by atoms with Crippen LogP contribution in [0, 0.1) is 5.92 Å². The maximum Gasteiger partial charge on any atom is 0.308 e. The molecule has 3 unspecified atom stereocenters. The lowest BCUT2D eigenvalue weighted by Gasteiger charge is -2.29. The van der Waals surface area contributed by atoms with Gasteiger partial charge < -0.3 is 19.8 Å². The summed E-state index contributed by atoms with van der Waals surface area (Å²) in [6, 6.07) is 7.55. The number of aryl methyl sites for hydroxylation is 1. The highest BCUT2D eigenvalue weighted by molar-refractivity contribution is 5.79. The summed E-state index contributed by atoms with van der Waals surface area (Å²) < 4.78 is 5.66. The fourth-order valence-electron chi connectivity index (χ4n) is 5.63. The third-order valence-corrected chi connectivity index (χ3v) is 7.57. The number of aliphatic hydroxyl groups is 1. The van der Waals surface area contributed by atoms with E-state index in [9.17, 15) is 19.8 Å². The number of aliphatic carboxylic acids is 1. The first-order valence-electron chi connectivity index (χ1n) is 13.4. The number of benzene rings is 1. The molecule has 200 valence electrons. The van der Waals surface area contributed by atoms with Gasteiger partial charge in [-0.15, -0.1) is 0 Å². The number of likely N-dealkylation sites (tertiary alicyclic amines) is 1. The number of aromatic nitrogens is 2. The molecule has 3 atom stereocenters. The normalized spacial score (nSPS) is 21.0. The summed E-state index contributed by atoms with van der Waals surface area (Å²) in [6.07, 6.45) is 7.60. The van der Waals surface area contributed by atoms with Crippen LogP contribution in [-0.4, -0.2) is 87.3 Å². The van der Waals surface area contributed by atoms with E-state index in [-0.39, 0.29) is 31.0 Å². The summed E-state index contributed by atoms with van der Waals surface area (Å²) in [6.45, 7) is 4.58. The Balaban J connectivity index is 1.59. The highest BCUT2D eigenvalue weighted by Crippen LogP contribution is 2.41. The maximum atomic E-state index is 13.4. The van der Waals surface area contributed by atoms with E-state index >= 15 is 0 Å². The Morgan fingerprint density at radius 1 is 1.22 bits per heavy atom. The van der Waals surface area contributed by atoms with Crippen molar-refractivity contribution < 1.29 is 24.5 Å². The average Bonchev–Trinajstić information content (AvgIpc) is 3.52. The second-order valence-corrected chi connectivity index (χ2v) is 9.98. The molecule has 0 spiro atoms. The van der Waals surface area contributed by atoms with Crippen LogP contribution in [0.3, 0.4) is 0 Å². The molecule has 1 amide bonds. The van der Waals surface area contributed by atoms with Crippen LogP contribution in [0.4, 0.5) is 0 Å². The fourth-order valence-corrected chi connectivity index (χ4v) is 5.63. The summed E-state index contributed by atoms with van der Waals surface area (Å²) in [5.41, 5.74) is 2.96. The van der Waals surface area contributed by atoms with Gasteiger partial charge in [-0.2, -0.15) is 0 Å². The van der Waals surface area contributed by atoms with Crippen molar-refractivity contribution >= 4 is 11.9 Å². The lowest BCUT2D eigenvalue weighted by atomic mass is 9.83. The molecule has 9 heteroatoms. The molecule has 1 aromatic carbocycles. The minimum absolute atomic E-state index is 0.0129. The van der Waals surface area contributed by atoms with Gasteiger partial charge in [-0.1, -0.05) is 25.5 Å². The number of unbranched alkanes of at least 4 members (excludes halogenated alkanes) is 1. The van der Waals surface area contributed by atoms with Gasteiger partial charge in [0.2, 0.25) is 5.91 Å². The van der Waals surface area contributed by atoms with E-state index in [1.54, 1.807) is 6.20 Å². The number of carboxylic acids is 1. The van der Waals surface area contributed by atoms with Crippen molar-refractivity contribution in [1.82, 2.24) is 19.8 Å². The number of hydrogen-bond acceptors (Lipinski definition) is 7. The molecule has 3 heterocycles. The lowest BCUT2D eigenvalue weighted by molar-refractivity contribution is -0.143. The number of aliphatic hydroxyl groups excluding tert-OH is 1. The van der Waals surface area contributed by atoms with Gasteiger partial charge >= 0.3 is 5.97 Å². The molecule has 1 saturated heterocycles. The molecule has 4 rings (SSSR count). The Bertz CT molecular complexity index is 1040. The standard InChI is InChI=1S/C28H38N4O5/c1-2-3-12-31(13-4-14-33)26(34)18-32-17-23(20-5-8-25-21(16-20)10-15-37-25)27(28(35)36)24(32)7-6-22-9-11-29-19-30-22/h5,8-9,11,16,19,23-24,27,33H,2-4,6-7,10,12-15,17-18H2,1H3,(H,35,36). The van der Waals surface area contributed by atoms with Gasteiger partial charge in [-0.05, 0) is 48.9 Å². The van der Waals surface area contributed by atoms with Gasteiger partial charge in [0, 0.05) is 56.5 Å². The highest BCUT2D eigenvalue weighted by atomic mass is 16.5. The van der Waals surface area contributed by atoms with Crippen molar-refractivity contribution in [3.05, 3.63) is 53.6 Å². The number of ether oxygens (including phenoxy) is 1. The van der Waals surface area contributed by atoms with Crippen LogP contribution in [0.2, 0.25) is 0 Å². The number of rotatable bonds is 13. The first-order chi connectivity index (χ1) is 18.0. The average molecular weight is 511 g/mol. The summed E-state index contributed by atoms with van der Waals surface area (Å²) >= 11 is 0. The van der Waals surface area contributed by atoms with E-state index in [2.05, 4.69) is 27.9 Å². The Morgan fingerprint density at radius 3 is 2.78 bits per heavy atom.